The molecule has 0 radical (unpaired) electrons. The predicted octanol–water partition coefficient (Wildman–Crippen LogP) is 4.11. The Morgan fingerprint density at radius 3 is 2.23 bits per heavy atom. The lowest BCUT2D eigenvalue weighted by atomic mass is 10.1. The molecule has 0 aliphatic carbocycles. The highest BCUT2D eigenvalue weighted by molar-refractivity contribution is 6.01. The highest BCUT2D eigenvalue weighted by Crippen LogP contribution is 2.29. The average Bonchev–Trinajstić information content (AvgIpc) is 3.19. The zero-order chi connectivity index (χ0) is 20.9. The lowest BCUT2D eigenvalue weighted by Gasteiger charge is -2.11. The second kappa shape index (κ2) is 8.59. The van der Waals surface area contributed by atoms with Gasteiger partial charge in [-0.3, -0.25) is 0 Å². The molecule has 0 atom stereocenters. The van der Waals surface area contributed by atoms with Gasteiger partial charge in [-0.25, -0.2) is 0 Å². The topological polar surface area (TPSA) is 93.2 Å². The Hall–Kier alpha value is -3.97. The Balaban J connectivity index is 0.000000687. The summed E-state index contributed by atoms with van der Waals surface area (Å²) in [6.07, 6.45) is 0. The highest BCUT2D eigenvalue weighted by atomic mass is 15.4. The van der Waals surface area contributed by atoms with E-state index in [-0.39, 0.29) is 0 Å². The van der Waals surface area contributed by atoms with Crippen LogP contribution in [0.4, 0.5) is 17.2 Å². The van der Waals surface area contributed by atoms with Crippen molar-refractivity contribution in [3.63, 3.8) is 0 Å². The number of nitrogens with one attached hydrogen (secondary N) is 2. The first-order valence-electron chi connectivity index (χ1n) is 9.62. The van der Waals surface area contributed by atoms with Crippen molar-refractivity contribution in [2.75, 3.05) is 25.1 Å². The van der Waals surface area contributed by atoms with Gasteiger partial charge in [0.1, 0.15) is 0 Å². The lowest BCUT2D eigenvalue weighted by Crippen LogP contribution is -2.02. The van der Waals surface area contributed by atoms with Crippen molar-refractivity contribution in [1.82, 2.24) is 25.1 Å². The molecule has 5 rings (SSSR count). The molecule has 0 saturated carbocycles. The molecular weight excluding hydrogens is 374 g/mol. The number of hydrogen-bond acceptors (Lipinski definition) is 6. The second-order valence-electron chi connectivity index (χ2n) is 6.77. The molecule has 7 nitrogen and oxygen atoms in total. The van der Waals surface area contributed by atoms with Gasteiger partial charge in [0.2, 0.25) is 0 Å². The van der Waals surface area contributed by atoms with Crippen molar-refractivity contribution in [3.8, 4) is 11.4 Å². The number of fused-ring (bicyclic) bond motifs is 3. The summed E-state index contributed by atoms with van der Waals surface area (Å²) < 4.78 is 1.78. The van der Waals surface area contributed by atoms with Crippen molar-refractivity contribution >= 4 is 33.6 Å². The Labute approximate surface area is 174 Å². The molecule has 0 saturated heterocycles. The number of nitrogen functional groups attached to an aromatic ring is 1. The standard InChI is InChI=1S/C21H16N6.C2H7N/c22-15-9-6-10-16(13-15)23-19-17-11-4-5-12-18(17)21-25-24-20(27(21)26-19)14-7-2-1-3-8-14;1-3-2/h1-13H,22H2,(H,23,26);3H,1-2H3. The maximum Gasteiger partial charge on any atom is 0.186 e. The Morgan fingerprint density at radius 2 is 1.50 bits per heavy atom. The maximum atomic E-state index is 5.91. The van der Waals surface area contributed by atoms with Gasteiger partial charge in [-0.2, -0.15) is 4.52 Å². The normalized spacial score (nSPS) is 10.6. The fourth-order valence-electron chi connectivity index (χ4n) is 3.19. The molecule has 0 aliphatic heterocycles. The van der Waals surface area contributed by atoms with E-state index in [1.807, 2.05) is 93.0 Å². The van der Waals surface area contributed by atoms with E-state index < -0.39 is 0 Å². The predicted molar refractivity (Wildman–Crippen MR) is 123 cm³/mol. The van der Waals surface area contributed by atoms with E-state index in [1.54, 1.807) is 4.52 Å². The van der Waals surface area contributed by atoms with Crippen molar-refractivity contribution in [2.45, 2.75) is 0 Å². The van der Waals surface area contributed by atoms with Gasteiger partial charge in [-0.05, 0) is 32.3 Å². The minimum atomic E-state index is 0.694. The Morgan fingerprint density at radius 1 is 0.800 bits per heavy atom. The summed E-state index contributed by atoms with van der Waals surface area (Å²) in [6, 6.07) is 25.6. The molecular formula is C23H23N7. The van der Waals surface area contributed by atoms with E-state index >= 15 is 0 Å². The molecule has 0 bridgehead atoms. The molecule has 5 aromatic rings. The summed E-state index contributed by atoms with van der Waals surface area (Å²) in [4.78, 5) is 0. The number of nitrogens with zero attached hydrogens (tertiary/aromatic N) is 4. The van der Waals surface area contributed by atoms with Crippen LogP contribution in [0.5, 0.6) is 0 Å². The number of anilines is 3. The first-order valence-corrected chi connectivity index (χ1v) is 9.62. The van der Waals surface area contributed by atoms with E-state index in [2.05, 4.69) is 20.8 Å². The van der Waals surface area contributed by atoms with Crippen LogP contribution >= 0.6 is 0 Å². The maximum absolute atomic E-state index is 5.91. The van der Waals surface area contributed by atoms with Crippen LogP contribution in [0.2, 0.25) is 0 Å². The van der Waals surface area contributed by atoms with E-state index in [4.69, 9.17) is 10.8 Å². The zero-order valence-electron chi connectivity index (χ0n) is 16.9. The van der Waals surface area contributed by atoms with Gasteiger partial charge in [0.05, 0.1) is 0 Å². The first kappa shape index (κ1) is 19.4. The number of nitrogens with two attached hydrogens (primary N) is 1. The molecule has 0 fully saturated rings. The largest absolute Gasteiger partial charge is 0.399 e. The Kier molecular flexibility index (Phi) is 5.54. The second-order valence-corrected chi connectivity index (χ2v) is 6.77. The number of benzene rings is 3. The summed E-state index contributed by atoms with van der Waals surface area (Å²) in [5.41, 5.74) is 9.17. The van der Waals surface area contributed by atoms with Crippen molar-refractivity contribution in [3.05, 3.63) is 78.9 Å². The van der Waals surface area contributed by atoms with Gasteiger partial charge >= 0.3 is 0 Å². The smallest absolute Gasteiger partial charge is 0.186 e. The number of hydrogen-bond donors (Lipinski definition) is 3. The van der Waals surface area contributed by atoms with Crippen molar-refractivity contribution < 1.29 is 0 Å². The fourth-order valence-corrected chi connectivity index (χ4v) is 3.19. The minimum Gasteiger partial charge on any atom is -0.399 e. The van der Waals surface area contributed by atoms with Crippen LogP contribution in [0.1, 0.15) is 0 Å². The fraction of sp³-hybridized carbons (Fsp3) is 0.0870. The van der Waals surface area contributed by atoms with E-state index in [0.29, 0.717) is 11.5 Å². The first-order chi connectivity index (χ1) is 14.7. The van der Waals surface area contributed by atoms with E-state index in [1.165, 1.54) is 0 Å². The van der Waals surface area contributed by atoms with Crippen LogP contribution in [0.25, 0.3) is 27.8 Å². The van der Waals surface area contributed by atoms with Crippen molar-refractivity contribution in [1.29, 1.82) is 0 Å². The van der Waals surface area contributed by atoms with Crippen LogP contribution in [-0.4, -0.2) is 33.9 Å². The van der Waals surface area contributed by atoms with Gasteiger partial charge in [-0.15, -0.1) is 15.3 Å². The van der Waals surface area contributed by atoms with Crippen LogP contribution in [0.3, 0.4) is 0 Å². The van der Waals surface area contributed by atoms with Crippen LogP contribution in [-0.2, 0) is 0 Å². The third kappa shape index (κ3) is 3.78. The Bertz CT molecular complexity index is 1280. The highest BCUT2D eigenvalue weighted by Gasteiger charge is 2.15. The van der Waals surface area contributed by atoms with Gasteiger partial charge < -0.3 is 16.4 Å². The summed E-state index contributed by atoms with van der Waals surface area (Å²) in [5, 5.41) is 21.7. The van der Waals surface area contributed by atoms with Gasteiger partial charge in [0.15, 0.2) is 17.3 Å². The van der Waals surface area contributed by atoms with E-state index in [0.717, 1.165) is 33.5 Å². The summed E-state index contributed by atoms with van der Waals surface area (Å²) in [7, 11) is 3.75. The molecule has 4 N–H and O–H groups in total. The molecule has 0 amide bonds. The van der Waals surface area contributed by atoms with E-state index in [9.17, 15) is 0 Å². The van der Waals surface area contributed by atoms with Gasteiger partial charge in [-0.1, -0.05) is 60.7 Å². The molecule has 3 aromatic carbocycles. The third-order valence-electron chi connectivity index (χ3n) is 4.45. The average molecular weight is 397 g/mol. The number of aromatic nitrogens is 4. The zero-order valence-corrected chi connectivity index (χ0v) is 16.9. The number of rotatable bonds is 3. The van der Waals surface area contributed by atoms with Gasteiger partial charge in [0, 0.05) is 27.7 Å². The molecule has 7 heteroatoms. The SMILES string of the molecule is CNC.Nc1cccc(Nc2nn3c(-c4ccccc4)nnc3c3ccccc23)c1. The van der Waals surface area contributed by atoms with Crippen LogP contribution in [0.15, 0.2) is 78.9 Å². The van der Waals surface area contributed by atoms with Gasteiger partial charge in [0.25, 0.3) is 0 Å². The summed E-state index contributed by atoms with van der Waals surface area (Å²) in [6.45, 7) is 0. The molecule has 0 aliphatic rings. The monoisotopic (exact) mass is 397 g/mol. The molecule has 0 unspecified atom stereocenters. The van der Waals surface area contributed by atoms with Crippen molar-refractivity contribution in [2.24, 2.45) is 0 Å². The molecule has 2 aromatic heterocycles. The summed E-state index contributed by atoms with van der Waals surface area (Å²) in [5.74, 6) is 1.42. The molecule has 150 valence electrons. The molecule has 0 spiro atoms. The van der Waals surface area contributed by atoms with Crippen LogP contribution in [0, 0.1) is 0 Å². The molecule has 2 heterocycles. The van der Waals surface area contributed by atoms with Crippen LogP contribution < -0.4 is 16.4 Å². The summed E-state index contributed by atoms with van der Waals surface area (Å²) >= 11 is 0. The quantitative estimate of drug-likeness (QED) is 0.397. The third-order valence-corrected chi connectivity index (χ3v) is 4.45. The minimum absolute atomic E-state index is 0.694. The molecule has 30 heavy (non-hydrogen) atoms. The lowest BCUT2D eigenvalue weighted by molar-refractivity contribution is 0.951.